The topological polar surface area (TPSA) is 66.0 Å². The number of carbonyl (C=O) groups excluding carboxylic acids is 1. The molecule has 132 valence electrons. The molecule has 0 saturated heterocycles. The predicted octanol–water partition coefficient (Wildman–Crippen LogP) is 1.70. The summed E-state index contributed by atoms with van der Waals surface area (Å²) in [4.78, 5) is 17.4. The predicted molar refractivity (Wildman–Crippen MR) is 98.9 cm³/mol. The molecule has 1 aromatic rings. The summed E-state index contributed by atoms with van der Waals surface area (Å²) < 4.78 is 5.14. The van der Waals surface area contributed by atoms with Crippen LogP contribution >= 0.6 is 11.6 Å². The van der Waals surface area contributed by atoms with E-state index in [4.69, 9.17) is 16.3 Å². The molecule has 7 heteroatoms. The smallest absolute Gasteiger partial charge is 0.243 e. The number of amides is 1. The Hall–Kier alpha value is -2.21. The molecule has 1 amide bonds. The second-order valence-corrected chi connectivity index (χ2v) is 5.66. The van der Waals surface area contributed by atoms with E-state index >= 15 is 0 Å². The van der Waals surface area contributed by atoms with Crippen molar-refractivity contribution >= 4 is 23.5 Å². The quantitative estimate of drug-likeness (QED) is 0.424. The van der Waals surface area contributed by atoms with Gasteiger partial charge in [-0.05, 0) is 24.1 Å². The molecule has 1 rings (SSSR count). The summed E-state index contributed by atoms with van der Waals surface area (Å²) in [5.74, 6) is 1.23. The molecule has 0 aromatic heterocycles. The molecule has 0 fully saturated rings. The lowest BCUT2D eigenvalue weighted by Gasteiger charge is -2.13. The summed E-state index contributed by atoms with van der Waals surface area (Å²) in [7, 11) is 5.01. The van der Waals surface area contributed by atoms with Crippen molar-refractivity contribution in [2.75, 3.05) is 40.8 Å². The van der Waals surface area contributed by atoms with Crippen molar-refractivity contribution in [3.8, 4) is 5.75 Å². The number of hydrogen-bond donors (Lipinski definition) is 2. The fourth-order valence-electron chi connectivity index (χ4n) is 1.80. The molecule has 0 aliphatic rings. The van der Waals surface area contributed by atoms with Crippen LogP contribution in [0.5, 0.6) is 5.75 Å². The Balaban J connectivity index is 2.59. The molecule has 0 heterocycles. The molecular weight excluding hydrogens is 328 g/mol. The third kappa shape index (κ3) is 6.91. The van der Waals surface area contributed by atoms with E-state index in [1.54, 1.807) is 33.3 Å². The summed E-state index contributed by atoms with van der Waals surface area (Å²) in [6.07, 6.45) is 2.45. The van der Waals surface area contributed by atoms with Gasteiger partial charge in [-0.25, -0.2) is 4.99 Å². The van der Waals surface area contributed by atoms with E-state index in [0.717, 1.165) is 17.7 Å². The summed E-state index contributed by atoms with van der Waals surface area (Å²) in [6.45, 7) is 4.94. The number of rotatable bonds is 8. The molecule has 2 N–H and O–H groups in total. The van der Waals surface area contributed by atoms with Gasteiger partial charge in [0.05, 0.1) is 7.11 Å². The summed E-state index contributed by atoms with van der Waals surface area (Å²) in [5.41, 5.74) is 1.01. The second-order valence-electron chi connectivity index (χ2n) is 5.26. The van der Waals surface area contributed by atoms with Crippen LogP contribution in [0, 0.1) is 0 Å². The zero-order valence-electron chi connectivity index (χ0n) is 14.4. The van der Waals surface area contributed by atoms with E-state index in [0.29, 0.717) is 24.1 Å². The number of likely N-dealkylation sites (N-methyl/N-ethyl adjacent to an activating group) is 1. The largest absolute Gasteiger partial charge is 0.497 e. The molecular formula is C17H25ClN4O2. The number of ether oxygens (including phenoxy) is 1. The van der Waals surface area contributed by atoms with Crippen LogP contribution in [0.3, 0.4) is 0 Å². The van der Waals surface area contributed by atoms with Crippen molar-refractivity contribution in [1.82, 2.24) is 15.5 Å². The van der Waals surface area contributed by atoms with Crippen molar-refractivity contribution in [3.63, 3.8) is 0 Å². The molecule has 0 spiro atoms. The first-order chi connectivity index (χ1) is 11.5. The molecule has 0 unspecified atom stereocenters. The summed E-state index contributed by atoms with van der Waals surface area (Å²) >= 11 is 6.23. The minimum Gasteiger partial charge on any atom is -0.497 e. The van der Waals surface area contributed by atoms with Gasteiger partial charge < -0.3 is 20.3 Å². The minimum atomic E-state index is -0.0621. The van der Waals surface area contributed by atoms with E-state index in [-0.39, 0.29) is 12.5 Å². The maximum absolute atomic E-state index is 11.6. The fraction of sp³-hybridized carbons (Fsp3) is 0.412. The van der Waals surface area contributed by atoms with E-state index in [1.165, 1.54) is 4.90 Å². The van der Waals surface area contributed by atoms with Crippen molar-refractivity contribution in [1.29, 1.82) is 0 Å². The molecule has 0 aliphatic carbocycles. The molecule has 0 saturated carbocycles. The van der Waals surface area contributed by atoms with Gasteiger partial charge in [0.2, 0.25) is 5.91 Å². The van der Waals surface area contributed by atoms with Crippen LogP contribution < -0.4 is 15.4 Å². The van der Waals surface area contributed by atoms with Gasteiger partial charge in [0.1, 0.15) is 12.3 Å². The number of carbonyl (C=O) groups is 1. The van der Waals surface area contributed by atoms with Gasteiger partial charge in [-0.3, -0.25) is 4.79 Å². The van der Waals surface area contributed by atoms with E-state index < -0.39 is 0 Å². The highest BCUT2D eigenvalue weighted by atomic mass is 35.5. The first-order valence-electron chi connectivity index (χ1n) is 7.63. The third-order valence-corrected chi connectivity index (χ3v) is 3.58. The lowest BCUT2D eigenvalue weighted by atomic mass is 10.1. The van der Waals surface area contributed by atoms with Crippen molar-refractivity contribution in [2.24, 2.45) is 4.99 Å². The van der Waals surface area contributed by atoms with Gasteiger partial charge in [-0.2, -0.15) is 0 Å². The number of nitrogens with zero attached hydrogens (tertiary/aromatic N) is 2. The summed E-state index contributed by atoms with van der Waals surface area (Å²) in [5, 5.41) is 6.93. The highest BCUT2D eigenvalue weighted by Gasteiger charge is 2.05. The van der Waals surface area contributed by atoms with Crippen LogP contribution in [-0.4, -0.2) is 57.6 Å². The Morgan fingerprint density at radius 1 is 1.42 bits per heavy atom. The minimum absolute atomic E-state index is 0.0621. The monoisotopic (exact) mass is 352 g/mol. The Morgan fingerprint density at radius 3 is 2.75 bits per heavy atom. The van der Waals surface area contributed by atoms with Crippen LogP contribution in [0.15, 0.2) is 35.8 Å². The average Bonchev–Trinajstić information content (AvgIpc) is 2.57. The maximum atomic E-state index is 11.6. The zero-order valence-corrected chi connectivity index (χ0v) is 15.2. The van der Waals surface area contributed by atoms with Gasteiger partial charge in [0.25, 0.3) is 0 Å². The maximum Gasteiger partial charge on any atom is 0.243 e. The number of guanidine groups is 1. The highest BCUT2D eigenvalue weighted by molar-refractivity contribution is 6.31. The van der Waals surface area contributed by atoms with E-state index in [9.17, 15) is 4.79 Å². The molecule has 24 heavy (non-hydrogen) atoms. The van der Waals surface area contributed by atoms with Crippen LogP contribution in [-0.2, 0) is 11.2 Å². The molecule has 0 aliphatic heterocycles. The van der Waals surface area contributed by atoms with Gasteiger partial charge >= 0.3 is 0 Å². The van der Waals surface area contributed by atoms with E-state index in [2.05, 4.69) is 22.2 Å². The van der Waals surface area contributed by atoms with Crippen LogP contribution in [0.1, 0.15) is 5.56 Å². The average molecular weight is 353 g/mol. The molecule has 0 radical (unpaired) electrons. The van der Waals surface area contributed by atoms with Crippen molar-refractivity contribution < 1.29 is 9.53 Å². The van der Waals surface area contributed by atoms with Gasteiger partial charge in [-0.15, -0.1) is 6.58 Å². The normalized spacial score (nSPS) is 10.9. The second kappa shape index (κ2) is 10.5. The first-order valence-corrected chi connectivity index (χ1v) is 8.01. The lowest BCUT2D eigenvalue weighted by molar-refractivity contribution is -0.127. The van der Waals surface area contributed by atoms with Gasteiger partial charge in [0.15, 0.2) is 5.96 Å². The van der Waals surface area contributed by atoms with Gasteiger partial charge in [-0.1, -0.05) is 23.7 Å². The lowest BCUT2D eigenvalue weighted by Crippen LogP contribution is -2.39. The Kier molecular flexibility index (Phi) is 8.71. The fourth-order valence-corrected chi connectivity index (χ4v) is 2.07. The van der Waals surface area contributed by atoms with Crippen molar-refractivity contribution in [3.05, 3.63) is 41.4 Å². The van der Waals surface area contributed by atoms with Gasteiger partial charge in [0, 0.05) is 32.2 Å². The SMILES string of the molecule is C=CCNC(=NCC(=O)N(C)C)NCCc1ccc(OC)cc1Cl. The van der Waals surface area contributed by atoms with Crippen LogP contribution in [0.4, 0.5) is 0 Å². The number of aliphatic imine (C=N–C) groups is 1. The highest BCUT2D eigenvalue weighted by Crippen LogP contribution is 2.22. The zero-order chi connectivity index (χ0) is 17.9. The molecule has 6 nitrogen and oxygen atoms in total. The summed E-state index contributed by atoms with van der Waals surface area (Å²) in [6, 6.07) is 5.60. The Bertz CT molecular complexity index is 588. The van der Waals surface area contributed by atoms with E-state index in [1.807, 2.05) is 12.1 Å². The number of hydrogen-bond acceptors (Lipinski definition) is 3. The Labute approximate surface area is 148 Å². The number of nitrogens with one attached hydrogen (secondary N) is 2. The third-order valence-electron chi connectivity index (χ3n) is 3.23. The van der Waals surface area contributed by atoms with Crippen LogP contribution in [0.25, 0.3) is 0 Å². The standard InChI is InChI=1S/C17H25ClN4O2/c1-5-9-19-17(21-12-16(23)22(2)3)20-10-8-13-6-7-14(24-4)11-15(13)18/h5-7,11H,1,8-10,12H2,2-4H3,(H2,19,20,21). The number of benzene rings is 1. The first kappa shape index (κ1) is 19.8. The van der Waals surface area contributed by atoms with Crippen LogP contribution in [0.2, 0.25) is 5.02 Å². The number of halogens is 1. The Morgan fingerprint density at radius 2 is 2.17 bits per heavy atom. The molecule has 0 bridgehead atoms. The molecule has 1 aromatic carbocycles. The number of methoxy groups -OCH3 is 1. The molecule has 0 atom stereocenters. The van der Waals surface area contributed by atoms with Crippen molar-refractivity contribution in [2.45, 2.75) is 6.42 Å².